The molecule has 0 fully saturated rings. The molecule has 0 radical (unpaired) electrons. The van der Waals surface area contributed by atoms with Gasteiger partial charge in [-0.25, -0.2) is 9.59 Å². The second-order valence-electron chi connectivity index (χ2n) is 6.61. The second-order valence-corrected chi connectivity index (χ2v) is 13.5. The number of thioether (sulfide) groups is 1. The molecule has 2 atom stereocenters. The van der Waals surface area contributed by atoms with E-state index < -0.39 is 49.8 Å². The lowest BCUT2D eigenvalue weighted by Crippen LogP contribution is -2.44. The average Bonchev–Trinajstić information content (AvgIpc) is 2.54. The van der Waals surface area contributed by atoms with Crippen LogP contribution in [0, 0.1) is 0 Å². The van der Waals surface area contributed by atoms with Gasteiger partial charge in [0, 0.05) is 13.8 Å². The molecule has 150 valence electrons. The van der Waals surface area contributed by atoms with Gasteiger partial charge in [-0.15, -0.1) is 11.8 Å². The van der Waals surface area contributed by atoms with Crippen LogP contribution in [0.5, 0.6) is 0 Å². The van der Waals surface area contributed by atoms with Crippen LogP contribution in [0.1, 0.15) is 6.42 Å². The summed E-state index contributed by atoms with van der Waals surface area (Å²) < 4.78 is 14.2. The topological polar surface area (TPSA) is 128 Å². The molecular formula is C15H27NO8SSi. The average molecular weight is 410 g/mol. The van der Waals surface area contributed by atoms with Crippen molar-refractivity contribution in [2.45, 2.75) is 43.4 Å². The monoisotopic (exact) mass is 409 g/mol. The molecule has 0 aliphatic carbocycles. The van der Waals surface area contributed by atoms with Crippen LogP contribution in [-0.2, 0) is 28.6 Å². The van der Waals surface area contributed by atoms with Crippen molar-refractivity contribution in [2.75, 3.05) is 26.6 Å². The van der Waals surface area contributed by atoms with Crippen molar-refractivity contribution in [3.8, 4) is 0 Å². The largest absolute Gasteiger partial charge is 0.481 e. The predicted molar refractivity (Wildman–Crippen MR) is 99.0 cm³/mol. The molecule has 0 aromatic heterocycles. The molecule has 0 aromatic rings. The Hall–Kier alpha value is -1.75. The molecule has 2 N–H and O–H groups in total. The van der Waals surface area contributed by atoms with Gasteiger partial charge < -0.3 is 24.6 Å². The molecule has 0 aliphatic rings. The number of rotatable bonds is 11. The lowest BCUT2D eigenvalue weighted by atomic mass is 10.3. The minimum Gasteiger partial charge on any atom is -0.481 e. The fourth-order valence-corrected chi connectivity index (χ4v) is 3.51. The molecule has 9 nitrogen and oxygen atoms in total. The number of methoxy groups -OCH3 is 2. The molecule has 0 rings (SSSR count). The smallest absolute Gasteiger partial charge is 0.407 e. The Labute approximate surface area is 158 Å². The third-order valence-electron chi connectivity index (χ3n) is 3.15. The van der Waals surface area contributed by atoms with Crippen molar-refractivity contribution in [1.29, 1.82) is 0 Å². The van der Waals surface area contributed by atoms with E-state index in [0.29, 0.717) is 0 Å². The summed E-state index contributed by atoms with van der Waals surface area (Å²) in [6, 6.07) is -0.300. The molecule has 0 heterocycles. The molecule has 0 aromatic carbocycles. The zero-order chi connectivity index (χ0) is 20.3. The van der Waals surface area contributed by atoms with Gasteiger partial charge in [-0.1, -0.05) is 19.6 Å². The minimum absolute atomic E-state index is 0.0666. The van der Waals surface area contributed by atoms with Crippen LogP contribution in [0.2, 0.25) is 25.7 Å². The van der Waals surface area contributed by atoms with Gasteiger partial charge in [-0.3, -0.25) is 9.59 Å². The van der Waals surface area contributed by atoms with E-state index in [1.165, 1.54) is 0 Å². The van der Waals surface area contributed by atoms with Crippen molar-refractivity contribution in [2.24, 2.45) is 0 Å². The van der Waals surface area contributed by atoms with Gasteiger partial charge in [0.25, 0.3) is 0 Å². The van der Waals surface area contributed by atoms with Gasteiger partial charge in [0.1, 0.15) is 11.3 Å². The van der Waals surface area contributed by atoms with Gasteiger partial charge in [-0.2, -0.15) is 0 Å². The summed E-state index contributed by atoms with van der Waals surface area (Å²) in [5.41, 5.74) is 0. The Morgan fingerprint density at radius 2 is 1.65 bits per heavy atom. The number of carboxylic acid groups (broad SMARTS) is 1. The molecule has 26 heavy (non-hydrogen) atoms. The summed E-state index contributed by atoms with van der Waals surface area (Å²) in [6.07, 6.45) is -1.24. The highest BCUT2D eigenvalue weighted by atomic mass is 32.2. The van der Waals surface area contributed by atoms with Crippen LogP contribution in [0.15, 0.2) is 0 Å². The van der Waals surface area contributed by atoms with Crippen molar-refractivity contribution in [3.05, 3.63) is 0 Å². The summed E-state index contributed by atoms with van der Waals surface area (Å²) >= 11 is 0.885. The first-order valence-electron chi connectivity index (χ1n) is 7.92. The number of esters is 2. The molecule has 0 bridgehead atoms. The molecule has 11 heteroatoms. The summed E-state index contributed by atoms with van der Waals surface area (Å²) in [5.74, 6) is -2.69. The fourth-order valence-electron chi connectivity index (χ4n) is 1.66. The van der Waals surface area contributed by atoms with E-state index in [0.717, 1.165) is 32.0 Å². The van der Waals surface area contributed by atoms with Crippen LogP contribution in [0.3, 0.4) is 0 Å². The number of carbonyl (C=O) groups is 4. The molecule has 1 amide bonds. The number of carboxylic acids is 1. The fraction of sp³-hybridized carbons (Fsp3) is 0.733. The molecular weight excluding hydrogens is 382 g/mol. The molecule has 2 unspecified atom stereocenters. The van der Waals surface area contributed by atoms with E-state index >= 15 is 0 Å². The van der Waals surface area contributed by atoms with Crippen LogP contribution in [-0.4, -0.2) is 75.1 Å². The highest BCUT2D eigenvalue weighted by Crippen LogP contribution is 2.18. The lowest BCUT2D eigenvalue weighted by Gasteiger charge is -2.19. The zero-order valence-corrected chi connectivity index (χ0v) is 17.5. The van der Waals surface area contributed by atoms with Gasteiger partial charge in [0.2, 0.25) is 0 Å². The first-order chi connectivity index (χ1) is 12.0. The Morgan fingerprint density at radius 3 is 2.12 bits per heavy atom. The highest BCUT2D eigenvalue weighted by Gasteiger charge is 2.28. The van der Waals surface area contributed by atoms with Crippen molar-refractivity contribution >= 4 is 43.8 Å². The molecule has 0 saturated heterocycles. The number of carbonyl (C=O) groups excluding carboxylic acids is 3. The molecule has 0 aliphatic heterocycles. The van der Waals surface area contributed by atoms with Crippen LogP contribution in [0.4, 0.5) is 4.79 Å². The number of hydrogen-bond acceptors (Lipinski definition) is 8. The van der Waals surface area contributed by atoms with E-state index in [9.17, 15) is 19.2 Å². The summed E-state index contributed by atoms with van der Waals surface area (Å²) in [5, 5.41) is 10.2. The van der Waals surface area contributed by atoms with Crippen LogP contribution < -0.4 is 5.32 Å². The number of alkyl carbamates (subject to hydrolysis) is 1. The van der Waals surface area contributed by atoms with E-state index in [2.05, 4.69) is 34.4 Å². The predicted octanol–water partition coefficient (Wildman–Crippen LogP) is 1.34. The summed E-state index contributed by atoms with van der Waals surface area (Å²) in [7, 11) is 0.939. The van der Waals surface area contributed by atoms with E-state index in [4.69, 9.17) is 9.84 Å². The maximum atomic E-state index is 11.9. The normalized spacial score (nSPS) is 13.3. The van der Waals surface area contributed by atoms with Crippen molar-refractivity contribution in [1.82, 2.24) is 5.32 Å². The van der Waals surface area contributed by atoms with Gasteiger partial charge in [-0.05, 0) is 6.04 Å². The van der Waals surface area contributed by atoms with Gasteiger partial charge in [0.15, 0.2) is 0 Å². The highest BCUT2D eigenvalue weighted by molar-refractivity contribution is 8.00. The summed E-state index contributed by atoms with van der Waals surface area (Å²) in [4.78, 5) is 46.1. The number of aliphatic carboxylic acids is 1. The van der Waals surface area contributed by atoms with Crippen LogP contribution in [0.25, 0.3) is 0 Å². The SMILES string of the molecule is COC(=O)C(CSC(CC(=O)O)C(=O)OC)NC(=O)OCC[Si](C)(C)C. The molecule has 0 saturated carbocycles. The maximum absolute atomic E-state index is 11.9. The minimum atomic E-state index is -1.36. The number of ether oxygens (including phenoxy) is 3. The van der Waals surface area contributed by atoms with E-state index in [1.807, 2.05) is 0 Å². The van der Waals surface area contributed by atoms with E-state index in [-0.39, 0.29) is 12.4 Å². The first-order valence-corrected chi connectivity index (χ1v) is 12.7. The van der Waals surface area contributed by atoms with Crippen molar-refractivity contribution in [3.63, 3.8) is 0 Å². The quantitative estimate of drug-likeness (QED) is 0.295. The third-order valence-corrected chi connectivity index (χ3v) is 6.14. The van der Waals surface area contributed by atoms with Gasteiger partial charge >= 0.3 is 24.0 Å². The third kappa shape index (κ3) is 11.0. The number of hydrogen-bond donors (Lipinski definition) is 2. The Bertz CT molecular complexity index is 508. The Balaban J connectivity index is 4.73. The standard InChI is InChI=1S/C15H27NO8SSi/c1-22-13(19)10(16-15(21)24-6-7-26(3,4)5)9-25-11(8-12(17)18)14(20)23-2/h10-11H,6-9H2,1-5H3,(H,16,21)(H,17,18). The van der Waals surface area contributed by atoms with Gasteiger partial charge in [0.05, 0.1) is 27.2 Å². The lowest BCUT2D eigenvalue weighted by molar-refractivity contribution is -0.145. The number of nitrogens with one attached hydrogen (secondary N) is 1. The zero-order valence-electron chi connectivity index (χ0n) is 15.7. The van der Waals surface area contributed by atoms with E-state index in [1.54, 1.807) is 0 Å². The Morgan fingerprint density at radius 1 is 1.08 bits per heavy atom. The first kappa shape index (κ1) is 24.2. The Kier molecular flexibility index (Phi) is 11.0. The maximum Gasteiger partial charge on any atom is 0.407 e. The van der Waals surface area contributed by atoms with Crippen LogP contribution >= 0.6 is 11.8 Å². The van der Waals surface area contributed by atoms with Crippen molar-refractivity contribution < 1.29 is 38.5 Å². The second kappa shape index (κ2) is 11.8. The summed E-state index contributed by atoms with van der Waals surface area (Å²) in [6.45, 7) is 6.65. The molecule has 0 spiro atoms. The number of amides is 1.